The summed E-state index contributed by atoms with van der Waals surface area (Å²) in [6.07, 6.45) is 3.70. The summed E-state index contributed by atoms with van der Waals surface area (Å²) in [5.74, 6) is 1.06. The molecule has 1 N–H and O–H groups in total. The van der Waals surface area contributed by atoms with E-state index in [4.69, 9.17) is 9.47 Å². The molecule has 0 aliphatic carbocycles. The normalized spacial score (nSPS) is 23.7. The molecule has 2 heterocycles. The van der Waals surface area contributed by atoms with Gasteiger partial charge in [0, 0.05) is 13.0 Å². The van der Waals surface area contributed by atoms with Crippen LogP contribution in [-0.2, 0) is 11.2 Å². The molecular weight excluding hydrogens is 226 g/mol. The van der Waals surface area contributed by atoms with E-state index < -0.39 is 0 Å². The topological polar surface area (TPSA) is 30.5 Å². The van der Waals surface area contributed by atoms with Crippen molar-refractivity contribution in [2.45, 2.75) is 38.3 Å². The van der Waals surface area contributed by atoms with E-state index in [0.29, 0.717) is 12.1 Å². The van der Waals surface area contributed by atoms with Gasteiger partial charge in [0.2, 0.25) is 0 Å². The van der Waals surface area contributed by atoms with Crippen LogP contribution in [0.5, 0.6) is 5.75 Å². The molecule has 2 aliphatic rings. The van der Waals surface area contributed by atoms with Crippen LogP contribution >= 0.6 is 0 Å². The Bertz CT molecular complexity index is 413. The Kier molecular flexibility index (Phi) is 3.52. The van der Waals surface area contributed by atoms with Gasteiger partial charge in [0.15, 0.2) is 0 Å². The fourth-order valence-electron chi connectivity index (χ4n) is 2.95. The lowest BCUT2D eigenvalue weighted by Crippen LogP contribution is -2.31. The van der Waals surface area contributed by atoms with Crippen molar-refractivity contribution in [2.24, 2.45) is 0 Å². The molecule has 1 saturated heterocycles. The maximum absolute atomic E-state index is 5.85. The maximum atomic E-state index is 5.85. The highest BCUT2D eigenvalue weighted by molar-refractivity contribution is 5.41. The highest BCUT2D eigenvalue weighted by atomic mass is 16.5. The summed E-state index contributed by atoms with van der Waals surface area (Å²) < 4.78 is 11.4. The fourth-order valence-corrected chi connectivity index (χ4v) is 2.95. The number of rotatable bonds is 4. The van der Waals surface area contributed by atoms with Crippen molar-refractivity contribution >= 4 is 0 Å². The second-order valence-electron chi connectivity index (χ2n) is 5.05. The average Bonchev–Trinajstić information content (AvgIpc) is 3.05. The molecule has 0 aromatic heterocycles. The van der Waals surface area contributed by atoms with Gasteiger partial charge in [-0.1, -0.05) is 19.1 Å². The SMILES string of the molecule is CCNC(c1ccc2c(c1)CCO2)C1CCCO1. The zero-order chi connectivity index (χ0) is 12.4. The molecule has 0 amide bonds. The zero-order valence-corrected chi connectivity index (χ0v) is 10.9. The van der Waals surface area contributed by atoms with E-state index in [1.807, 2.05) is 0 Å². The third kappa shape index (κ3) is 2.25. The lowest BCUT2D eigenvalue weighted by Gasteiger charge is -2.24. The lowest BCUT2D eigenvalue weighted by atomic mass is 9.97. The van der Waals surface area contributed by atoms with Crippen molar-refractivity contribution in [3.63, 3.8) is 0 Å². The third-order valence-electron chi connectivity index (χ3n) is 3.83. The van der Waals surface area contributed by atoms with Crippen molar-refractivity contribution in [3.8, 4) is 5.75 Å². The van der Waals surface area contributed by atoms with Gasteiger partial charge in [-0.3, -0.25) is 0 Å². The van der Waals surface area contributed by atoms with Gasteiger partial charge in [0.25, 0.3) is 0 Å². The molecule has 1 fully saturated rings. The molecule has 3 rings (SSSR count). The number of hydrogen-bond donors (Lipinski definition) is 1. The lowest BCUT2D eigenvalue weighted by molar-refractivity contribution is 0.0788. The monoisotopic (exact) mass is 247 g/mol. The van der Waals surface area contributed by atoms with Crippen LogP contribution in [0.25, 0.3) is 0 Å². The summed E-state index contributed by atoms with van der Waals surface area (Å²) in [5.41, 5.74) is 2.68. The Balaban J connectivity index is 1.84. The Hall–Kier alpha value is -1.06. The van der Waals surface area contributed by atoms with Crippen molar-refractivity contribution < 1.29 is 9.47 Å². The van der Waals surface area contributed by atoms with Crippen LogP contribution < -0.4 is 10.1 Å². The van der Waals surface area contributed by atoms with Gasteiger partial charge in [-0.2, -0.15) is 0 Å². The summed E-state index contributed by atoms with van der Waals surface area (Å²) in [4.78, 5) is 0. The second-order valence-corrected chi connectivity index (χ2v) is 5.05. The number of nitrogens with one attached hydrogen (secondary N) is 1. The maximum Gasteiger partial charge on any atom is 0.122 e. The van der Waals surface area contributed by atoms with Crippen LogP contribution in [0.4, 0.5) is 0 Å². The van der Waals surface area contributed by atoms with Crippen molar-refractivity contribution in [2.75, 3.05) is 19.8 Å². The summed E-state index contributed by atoms with van der Waals surface area (Å²) in [7, 11) is 0. The Labute approximate surface area is 108 Å². The zero-order valence-electron chi connectivity index (χ0n) is 10.9. The van der Waals surface area contributed by atoms with Crippen LogP contribution in [0.15, 0.2) is 18.2 Å². The van der Waals surface area contributed by atoms with E-state index >= 15 is 0 Å². The molecule has 3 nitrogen and oxygen atoms in total. The summed E-state index contributed by atoms with van der Waals surface area (Å²) in [6, 6.07) is 6.90. The molecule has 1 aromatic carbocycles. The summed E-state index contributed by atoms with van der Waals surface area (Å²) in [6.45, 7) is 4.85. The Morgan fingerprint density at radius 2 is 2.33 bits per heavy atom. The van der Waals surface area contributed by atoms with E-state index in [-0.39, 0.29) is 0 Å². The minimum atomic E-state index is 0.323. The van der Waals surface area contributed by atoms with Gasteiger partial charge in [-0.05, 0) is 36.6 Å². The van der Waals surface area contributed by atoms with Crippen molar-refractivity contribution in [1.82, 2.24) is 5.32 Å². The predicted molar refractivity (Wildman–Crippen MR) is 71.0 cm³/mol. The first kappa shape index (κ1) is 12.0. The van der Waals surface area contributed by atoms with Crippen LogP contribution in [-0.4, -0.2) is 25.9 Å². The van der Waals surface area contributed by atoms with E-state index in [9.17, 15) is 0 Å². The standard InChI is InChI=1S/C15H21NO2/c1-2-16-15(14-4-3-8-17-14)12-5-6-13-11(10-12)7-9-18-13/h5-6,10,14-16H,2-4,7-9H2,1H3. The first-order valence-corrected chi connectivity index (χ1v) is 6.99. The molecule has 0 saturated carbocycles. The number of fused-ring (bicyclic) bond motifs is 1. The second kappa shape index (κ2) is 5.29. The first-order valence-electron chi connectivity index (χ1n) is 6.99. The first-order chi connectivity index (χ1) is 8.88. The molecule has 2 aliphatic heterocycles. The van der Waals surface area contributed by atoms with E-state index in [1.54, 1.807) is 0 Å². The van der Waals surface area contributed by atoms with Crippen LogP contribution in [0.2, 0.25) is 0 Å². The van der Waals surface area contributed by atoms with Crippen molar-refractivity contribution in [1.29, 1.82) is 0 Å². The van der Waals surface area contributed by atoms with E-state index in [0.717, 1.165) is 38.3 Å². The highest BCUT2D eigenvalue weighted by Gasteiger charge is 2.27. The molecule has 0 radical (unpaired) electrons. The number of benzene rings is 1. The quantitative estimate of drug-likeness (QED) is 0.886. The summed E-state index contributed by atoms with van der Waals surface area (Å²) in [5, 5.41) is 3.57. The highest BCUT2D eigenvalue weighted by Crippen LogP contribution is 2.32. The van der Waals surface area contributed by atoms with Gasteiger partial charge in [-0.25, -0.2) is 0 Å². The number of ether oxygens (including phenoxy) is 2. The molecule has 0 bridgehead atoms. The largest absolute Gasteiger partial charge is 0.493 e. The van der Waals surface area contributed by atoms with Gasteiger partial charge in [0.1, 0.15) is 5.75 Å². The molecule has 3 heteroatoms. The molecule has 98 valence electrons. The third-order valence-corrected chi connectivity index (χ3v) is 3.83. The summed E-state index contributed by atoms with van der Waals surface area (Å²) >= 11 is 0. The van der Waals surface area contributed by atoms with E-state index in [1.165, 1.54) is 17.5 Å². The van der Waals surface area contributed by atoms with Crippen molar-refractivity contribution in [3.05, 3.63) is 29.3 Å². The van der Waals surface area contributed by atoms with Crippen LogP contribution in [0.1, 0.15) is 36.9 Å². The molecule has 2 unspecified atom stereocenters. The smallest absolute Gasteiger partial charge is 0.122 e. The Morgan fingerprint density at radius 3 is 3.11 bits per heavy atom. The average molecular weight is 247 g/mol. The molecule has 18 heavy (non-hydrogen) atoms. The predicted octanol–water partition coefficient (Wildman–Crippen LogP) is 2.45. The van der Waals surface area contributed by atoms with Crippen LogP contribution in [0.3, 0.4) is 0 Å². The Morgan fingerprint density at radius 1 is 1.39 bits per heavy atom. The molecule has 0 spiro atoms. The van der Waals surface area contributed by atoms with Gasteiger partial charge in [-0.15, -0.1) is 0 Å². The minimum Gasteiger partial charge on any atom is -0.493 e. The minimum absolute atomic E-state index is 0.323. The molecular formula is C15H21NO2. The van der Waals surface area contributed by atoms with E-state index in [2.05, 4.69) is 30.4 Å². The number of likely N-dealkylation sites (N-methyl/N-ethyl adjacent to an activating group) is 1. The molecule has 1 aromatic rings. The van der Waals surface area contributed by atoms with Gasteiger partial charge < -0.3 is 14.8 Å². The molecule has 2 atom stereocenters. The van der Waals surface area contributed by atoms with Gasteiger partial charge >= 0.3 is 0 Å². The van der Waals surface area contributed by atoms with Gasteiger partial charge in [0.05, 0.1) is 18.8 Å². The fraction of sp³-hybridized carbons (Fsp3) is 0.600. The number of hydrogen-bond acceptors (Lipinski definition) is 3. The van der Waals surface area contributed by atoms with Crippen LogP contribution in [0, 0.1) is 0 Å².